The number of aromatic nitrogens is 1. The summed E-state index contributed by atoms with van der Waals surface area (Å²) in [6.07, 6.45) is 11.3. The average molecular weight is 387 g/mol. The molecule has 0 atom stereocenters. The first-order chi connectivity index (χ1) is 13.8. The SMILES string of the molecule is CCNC(=NCc1ccc(N2CCCCCC2)nc1)NCCN1CCCCC1. The maximum Gasteiger partial charge on any atom is 0.191 e. The topological polar surface area (TPSA) is 55.8 Å². The van der Waals surface area contributed by atoms with E-state index in [9.17, 15) is 0 Å². The fourth-order valence-corrected chi connectivity index (χ4v) is 4.02. The molecule has 156 valence electrons. The summed E-state index contributed by atoms with van der Waals surface area (Å²) in [5, 5.41) is 6.83. The molecular formula is C22H38N6. The summed E-state index contributed by atoms with van der Waals surface area (Å²) in [6, 6.07) is 4.33. The van der Waals surface area contributed by atoms with Gasteiger partial charge in [0, 0.05) is 38.9 Å². The van der Waals surface area contributed by atoms with Gasteiger partial charge in [-0.15, -0.1) is 0 Å². The standard InChI is InChI=1S/C22H38N6/c1-2-23-22(24-12-17-27-13-6-5-7-14-27)26-19-20-10-11-21(25-18-20)28-15-8-3-4-9-16-28/h10-11,18H,2-9,12-17,19H2,1H3,(H2,23,24,26). The van der Waals surface area contributed by atoms with Gasteiger partial charge in [-0.05, 0) is 57.3 Å². The number of hydrogen-bond acceptors (Lipinski definition) is 4. The van der Waals surface area contributed by atoms with E-state index in [0.29, 0.717) is 6.54 Å². The Balaban J connectivity index is 1.47. The van der Waals surface area contributed by atoms with Crippen molar-refractivity contribution in [3.8, 4) is 0 Å². The molecule has 0 aliphatic carbocycles. The maximum absolute atomic E-state index is 4.75. The van der Waals surface area contributed by atoms with Gasteiger partial charge in [-0.1, -0.05) is 25.3 Å². The Morgan fingerprint density at radius 2 is 1.68 bits per heavy atom. The molecule has 2 fully saturated rings. The van der Waals surface area contributed by atoms with E-state index in [-0.39, 0.29) is 0 Å². The van der Waals surface area contributed by atoms with Crippen LogP contribution in [0.5, 0.6) is 0 Å². The van der Waals surface area contributed by atoms with Crippen molar-refractivity contribution in [3.05, 3.63) is 23.9 Å². The summed E-state index contributed by atoms with van der Waals surface area (Å²) in [5.74, 6) is 2.01. The highest BCUT2D eigenvalue weighted by Crippen LogP contribution is 2.17. The van der Waals surface area contributed by atoms with Gasteiger partial charge in [0.15, 0.2) is 5.96 Å². The van der Waals surface area contributed by atoms with Gasteiger partial charge in [0.25, 0.3) is 0 Å². The molecule has 0 spiro atoms. The Morgan fingerprint density at radius 1 is 0.964 bits per heavy atom. The van der Waals surface area contributed by atoms with Crippen molar-refractivity contribution >= 4 is 11.8 Å². The Kier molecular flexibility index (Phi) is 8.88. The first kappa shape index (κ1) is 20.9. The zero-order chi connectivity index (χ0) is 19.4. The van der Waals surface area contributed by atoms with Crippen molar-refractivity contribution < 1.29 is 0 Å². The molecule has 3 rings (SSSR count). The number of guanidine groups is 1. The Hall–Kier alpha value is -1.82. The average Bonchev–Trinajstić information content (AvgIpc) is 3.03. The van der Waals surface area contributed by atoms with E-state index >= 15 is 0 Å². The van der Waals surface area contributed by atoms with E-state index in [2.05, 4.69) is 39.5 Å². The van der Waals surface area contributed by atoms with Gasteiger partial charge >= 0.3 is 0 Å². The summed E-state index contributed by atoms with van der Waals surface area (Å²) in [4.78, 5) is 14.4. The van der Waals surface area contributed by atoms with Gasteiger partial charge in [0.1, 0.15) is 5.82 Å². The van der Waals surface area contributed by atoms with Gasteiger partial charge in [0.05, 0.1) is 6.54 Å². The molecule has 28 heavy (non-hydrogen) atoms. The minimum atomic E-state index is 0.659. The van der Waals surface area contributed by atoms with Crippen LogP contribution in [0.1, 0.15) is 57.4 Å². The minimum Gasteiger partial charge on any atom is -0.357 e. The normalized spacial score (nSPS) is 19.3. The maximum atomic E-state index is 4.75. The molecule has 0 aromatic carbocycles. The second kappa shape index (κ2) is 11.9. The molecule has 6 nitrogen and oxygen atoms in total. The lowest BCUT2D eigenvalue weighted by molar-refractivity contribution is 0.232. The predicted octanol–water partition coefficient (Wildman–Crippen LogP) is 3.00. The molecule has 1 aromatic heterocycles. The fourth-order valence-electron chi connectivity index (χ4n) is 4.02. The van der Waals surface area contributed by atoms with Gasteiger partial charge in [-0.3, -0.25) is 0 Å². The van der Waals surface area contributed by atoms with E-state index < -0.39 is 0 Å². The van der Waals surface area contributed by atoms with Gasteiger partial charge in [0.2, 0.25) is 0 Å². The number of hydrogen-bond donors (Lipinski definition) is 2. The van der Waals surface area contributed by atoms with Crippen molar-refractivity contribution in [3.63, 3.8) is 0 Å². The van der Waals surface area contributed by atoms with Crippen LogP contribution in [0, 0.1) is 0 Å². The van der Waals surface area contributed by atoms with Crippen LogP contribution in [0.2, 0.25) is 0 Å². The number of nitrogens with one attached hydrogen (secondary N) is 2. The molecule has 2 aliphatic rings. The van der Waals surface area contributed by atoms with E-state index in [0.717, 1.165) is 50.1 Å². The van der Waals surface area contributed by atoms with Crippen LogP contribution in [-0.4, -0.2) is 61.7 Å². The minimum absolute atomic E-state index is 0.659. The van der Waals surface area contributed by atoms with Gasteiger partial charge in [-0.2, -0.15) is 0 Å². The van der Waals surface area contributed by atoms with Gasteiger partial charge in [-0.25, -0.2) is 9.98 Å². The second-order valence-electron chi connectivity index (χ2n) is 7.95. The second-order valence-corrected chi connectivity index (χ2v) is 7.95. The highest BCUT2D eigenvalue weighted by atomic mass is 15.2. The van der Waals surface area contributed by atoms with Crippen molar-refractivity contribution in [2.75, 3.05) is 50.7 Å². The highest BCUT2D eigenvalue weighted by molar-refractivity contribution is 5.79. The molecule has 2 saturated heterocycles. The summed E-state index contributed by atoms with van der Waals surface area (Å²) in [5.41, 5.74) is 1.16. The number of nitrogens with zero attached hydrogens (tertiary/aromatic N) is 4. The largest absolute Gasteiger partial charge is 0.357 e. The Morgan fingerprint density at radius 3 is 2.36 bits per heavy atom. The van der Waals surface area contributed by atoms with Crippen LogP contribution in [0.3, 0.4) is 0 Å². The van der Waals surface area contributed by atoms with Crippen LogP contribution in [-0.2, 0) is 6.54 Å². The molecular weight excluding hydrogens is 348 g/mol. The van der Waals surface area contributed by atoms with E-state index in [1.807, 2.05) is 6.20 Å². The lowest BCUT2D eigenvalue weighted by Crippen LogP contribution is -2.42. The first-order valence-corrected chi connectivity index (χ1v) is 11.3. The number of aliphatic imine (C=N–C) groups is 1. The molecule has 0 radical (unpaired) electrons. The van der Waals surface area contributed by atoms with Crippen LogP contribution in [0.15, 0.2) is 23.3 Å². The van der Waals surface area contributed by atoms with Crippen molar-refractivity contribution in [1.82, 2.24) is 20.5 Å². The quantitative estimate of drug-likeness (QED) is 0.557. The van der Waals surface area contributed by atoms with E-state index in [4.69, 9.17) is 9.98 Å². The zero-order valence-electron chi connectivity index (χ0n) is 17.6. The lowest BCUT2D eigenvalue weighted by atomic mass is 10.1. The van der Waals surface area contributed by atoms with Crippen molar-refractivity contribution in [2.24, 2.45) is 4.99 Å². The predicted molar refractivity (Wildman–Crippen MR) is 118 cm³/mol. The third-order valence-corrected chi connectivity index (χ3v) is 5.67. The molecule has 2 N–H and O–H groups in total. The molecule has 0 bridgehead atoms. The third-order valence-electron chi connectivity index (χ3n) is 5.67. The number of pyridine rings is 1. The molecule has 6 heteroatoms. The Labute approximate surface area is 170 Å². The van der Waals surface area contributed by atoms with Crippen molar-refractivity contribution in [1.29, 1.82) is 0 Å². The zero-order valence-corrected chi connectivity index (χ0v) is 17.6. The van der Waals surface area contributed by atoms with Crippen LogP contribution < -0.4 is 15.5 Å². The monoisotopic (exact) mass is 386 g/mol. The molecule has 0 unspecified atom stereocenters. The molecule has 0 amide bonds. The molecule has 0 saturated carbocycles. The smallest absolute Gasteiger partial charge is 0.191 e. The molecule has 1 aromatic rings. The molecule has 3 heterocycles. The van der Waals surface area contributed by atoms with Gasteiger partial charge < -0.3 is 20.4 Å². The van der Waals surface area contributed by atoms with Crippen LogP contribution in [0.4, 0.5) is 5.82 Å². The van der Waals surface area contributed by atoms with Crippen LogP contribution >= 0.6 is 0 Å². The van der Waals surface area contributed by atoms with E-state index in [1.54, 1.807) is 0 Å². The number of rotatable bonds is 7. The summed E-state index contributed by atoms with van der Waals surface area (Å²) in [7, 11) is 0. The van der Waals surface area contributed by atoms with Crippen LogP contribution in [0.25, 0.3) is 0 Å². The first-order valence-electron chi connectivity index (χ1n) is 11.3. The summed E-state index contributed by atoms with van der Waals surface area (Å²) < 4.78 is 0. The number of piperidine rings is 1. The lowest BCUT2D eigenvalue weighted by Gasteiger charge is -2.26. The fraction of sp³-hybridized carbons (Fsp3) is 0.727. The van der Waals surface area contributed by atoms with Crippen molar-refractivity contribution in [2.45, 2.75) is 58.4 Å². The van der Waals surface area contributed by atoms with E-state index in [1.165, 1.54) is 58.0 Å². The summed E-state index contributed by atoms with van der Waals surface area (Å²) in [6.45, 7) is 10.4. The molecule has 2 aliphatic heterocycles. The highest BCUT2D eigenvalue weighted by Gasteiger charge is 2.11. The number of likely N-dealkylation sites (tertiary alicyclic amines) is 1. The number of anilines is 1. The third kappa shape index (κ3) is 6.97. The summed E-state index contributed by atoms with van der Waals surface area (Å²) >= 11 is 0. The Bertz CT molecular complexity index is 571.